The summed E-state index contributed by atoms with van der Waals surface area (Å²) in [5.74, 6) is -9.73. The van der Waals surface area contributed by atoms with Gasteiger partial charge >= 0.3 is 0 Å². The van der Waals surface area contributed by atoms with Gasteiger partial charge in [-0.1, -0.05) is 13.0 Å². The van der Waals surface area contributed by atoms with Crippen molar-refractivity contribution in [2.24, 2.45) is 17.6 Å². The minimum Gasteiger partial charge on any atom is -0.508 e. The number of carbonyl (C=O) groups excluding carboxylic acids is 4. The highest BCUT2D eigenvalue weighted by Crippen LogP contribution is 2.56. The van der Waals surface area contributed by atoms with Crippen molar-refractivity contribution >= 4 is 35.3 Å². The number of hydrogen-bond acceptors (Lipinski definition) is 10. The van der Waals surface area contributed by atoms with Crippen molar-refractivity contribution in [3.63, 3.8) is 0 Å². The molecule has 1 saturated carbocycles. The molecule has 186 valence electrons. The number of aromatic hydroxyl groups is 1. The summed E-state index contributed by atoms with van der Waals surface area (Å²) in [6.45, 7) is 1.61. The van der Waals surface area contributed by atoms with Gasteiger partial charge in [-0.3, -0.25) is 24.1 Å². The summed E-state index contributed by atoms with van der Waals surface area (Å²) >= 11 is 0. The lowest BCUT2D eigenvalue weighted by atomic mass is 9.54. The molecule has 6 atom stereocenters. The lowest BCUT2D eigenvalue weighted by molar-refractivity contribution is -0.169. The Morgan fingerprint density at radius 2 is 1.83 bits per heavy atom. The SMILES string of the molecule is C[C@H]1c2ccc(NC=O)c(O)c2C(O)=C2C(=O)[C@]3(O)C(O)=C(C(N)=O)C(=O)[C@@H](N(C)C)[C@@H]3[C@@H](O)C21. The number of anilines is 1. The molecule has 4 rings (SSSR count). The fourth-order valence-corrected chi connectivity index (χ4v) is 5.80. The number of aliphatic hydroxyl groups is 4. The van der Waals surface area contributed by atoms with Crippen molar-refractivity contribution in [1.29, 1.82) is 0 Å². The summed E-state index contributed by atoms with van der Waals surface area (Å²) < 4.78 is 0. The number of nitrogens with two attached hydrogens (primary N) is 1. The van der Waals surface area contributed by atoms with E-state index >= 15 is 0 Å². The second-order valence-electron chi connectivity index (χ2n) is 9.24. The number of primary amides is 1. The van der Waals surface area contributed by atoms with Crippen LogP contribution in [0.4, 0.5) is 5.69 Å². The number of ketones is 2. The van der Waals surface area contributed by atoms with Gasteiger partial charge in [0.15, 0.2) is 11.4 Å². The number of nitrogens with one attached hydrogen (secondary N) is 1. The van der Waals surface area contributed by atoms with E-state index in [4.69, 9.17) is 5.73 Å². The Kier molecular flexibility index (Phi) is 5.51. The van der Waals surface area contributed by atoms with Crippen LogP contribution in [0.3, 0.4) is 0 Å². The van der Waals surface area contributed by atoms with Crippen LogP contribution in [0.5, 0.6) is 5.75 Å². The molecule has 1 aromatic carbocycles. The first-order valence-corrected chi connectivity index (χ1v) is 10.7. The van der Waals surface area contributed by atoms with Crippen LogP contribution in [0.25, 0.3) is 5.76 Å². The molecular formula is C23H25N3O9. The Morgan fingerprint density at radius 3 is 2.37 bits per heavy atom. The average molecular weight is 487 g/mol. The van der Waals surface area contributed by atoms with Gasteiger partial charge in [-0.2, -0.15) is 0 Å². The molecule has 0 radical (unpaired) electrons. The Balaban J connectivity index is 2.05. The van der Waals surface area contributed by atoms with Gasteiger partial charge in [0.1, 0.15) is 22.8 Å². The lowest BCUT2D eigenvalue weighted by Gasteiger charge is -2.53. The Hall–Kier alpha value is -3.74. The molecule has 12 nitrogen and oxygen atoms in total. The van der Waals surface area contributed by atoms with E-state index < -0.39 is 81.4 Å². The third-order valence-electron chi connectivity index (χ3n) is 7.34. The molecule has 1 aromatic rings. The Labute approximate surface area is 199 Å². The summed E-state index contributed by atoms with van der Waals surface area (Å²) in [7, 11) is 2.87. The largest absolute Gasteiger partial charge is 0.508 e. The molecule has 0 aromatic heterocycles. The highest BCUT2D eigenvalue weighted by atomic mass is 16.4. The molecule has 3 aliphatic rings. The van der Waals surface area contributed by atoms with Gasteiger partial charge in [-0.15, -0.1) is 0 Å². The number of likely N-dealkylation sites (N-methyl/N-ethyl adjacent to an activating group) is 1. The number of amides is 2. The summed E-state index contributed by atoms with van der Waals surface area (Å²) in [4.78, 5) is 51.1. The van der Waals surface area contributed by atoms with Gasteiger partial charge in [0.25, 0.3) is 5.91 Å². The quantitative estimate of drug-likeness (QED) is 0.157. The van der Waals surface area contributed by atoms with Gasteiger partial charge in [-0.05, 0) is 31.6 Å². The maximum Gasteiger partial charge on any atom is 0.255 e. The molecular weight excluding hydrogens is 462 g/mol. The van der Waals surface area contributed by atoms with Crippen molar-refractivity contribution in [2.45, 2.75) is 30.6 Å². The first kappa shape index (κ1) is 24.4. The highest BCUT2D eigenvalue weighted by Gasteiger charge is 2.68. The van der Waals surface area contributed by atoms with E-state index in [0.717, 1.165) is 0 Å². The second kappa shape index (κ2) is 7.90. The fraction of sp³-hybridized carbons (Fsp3) is 0.391. The number of nitrogens with zero attached hydrogens (tertiary/aromatic N) is 1. The Morgan fingerprint density at radius 1 is 1.20 bits per heavy atom. The average Bonchev–Trinajstić information content (AvgIpc) is 2.77. The number of Topliss-reactive ketones (excluding diaryl/α,β-unsaturated/α-hetero) is 2. The van der Waals surface area contributed by atoms with Crippen molar-refractivity contribution in [3.05, 3.63) is 40.2 Å². The van der Waals surface area contributed by atoms with E-state index in [-0.39, 0.29) is 11.3 Å². The topological polar surface area (TPSA) is 211 Å². The maximum absolute atomic E-state index is 13.8. The second-order valence-corrected chi connectivity index (χ2v) is 9.24. The van der Waals surface area contributed by atoms with Crippen LogP contribution in [0, 0.1) is 11.8 Å². The molecule has 0 spiro atoms. The fourth-order valence-electron chi connectivity index (χ4n) is 5.80. The van der Waals surface area contributed by atoms with Gasteiger partial charge in [0.05, 0.1) is 29.3 Å². The molecule has 35 heavy (non-hydrogen) atoms. The number of phenols is 1. The molecule has 0 saturated heterocycles. The van der Waals surface area contributed by atoms with Crippen molar-refractivity contribution in [2.75, 3.05) is 19.4 Å². The first-order chi connectivity index (χ1) is 16.3. The van der Waals surface area contributed by atoms with Crippen LogP contribution in [-0.4, -0.2) is 86.2 Å². The van der Waals surface area contributed by atoms with Gasteiger partial charge in [-0.25, -0.2) is 0 Å². The number of aliphatic hydroxyl groups excluding tert-OH is 3. The molecule has 3 aliphatic carbocycles. The van der Waals surface area contributed by atoms with E-state index in [0.29, 0.717) is 12.0 Å². The predicted octanol–water partition coefficient (Wildman–Crippen LogP) is -0.936. The van der Waals surface area contributed by atoms with E-state index in [1.54, 1.807) is 6.92 Å². The van der Waals surface area contributed by atoms with Crippen LogP contribution >= 0.6 is 0 Å². The predicted molar refractivity (Wildman–Crippen MR) is 120 cm³/mol. The molecule has 0 bridgehead atoms. The standard InChI is InChI=1S/C23H25N3O9/c1-7-8-4-5-9(25-6-27)16(28)11(8)17(29)12-10(7)18(30)14-15(26(2)3)19(31)13(22(24)34)21(33)23(14,35)20(12)32/h4-7,10,14-15,18,28-30,33,35H,1-3H3,(H2,24,34)(H,25,27)/t7-,10?,14+,15-,18-,23-/m0/s1. The number of hydrogen-bond donors (Lipinski definition) is 7. The van der Waals surface area contributed by atoms with Gasteiger partial charge < -0.3 is 36.6 Å². The van der Waals surface area contributed by atoms with E-state index in [1.165, 1.54) is 31.1 Å². The van der Waals surface area contributed by atoms with Crippen molar-refractivity contribution in [3.8, 4) is 5.75 Å². The number of fused-ring (bicyclic) bond motifs is 3. The zero-order valence-electron chi connectivity index (χ0n) is 19.0. The van der Waals surface area contributed by atoms with E-state index in [1.807, 2.05) is 0 Å². The monoisotopic (exact) mass is 487 g/mol. The minimum atomic E-state index is -2.97. The van der Waals surface area contributed by atoms with Crippen molar-refractivity contribution in [1.82, 2.24) is 4.90 Å². The minimum absolute atomic E-state index is 0.0633. The summed E-state index contributed by atoms with van der Waals surface area (Å²) in [6, 6.07) is 1.46. The zero-order valence-corrected chi connectivity index (χ0v) is 19.0. The number of rotatable bonds is 4. The van der Waals surface area contributed by atoms with Gasteiger partial charge in [0, 0.05) is 11.5 Å². The maximum atomic E-state index is 13.8. The van der Waals surface area contributed by atoms with Crippen molar-refractivity contribution < 1.29 is 44.7 Å². The van der Waals surface area contributed by atoms with E-state index in [2.05, 4.69) is 5.32 Å². The number of phenolic OH excluding ortho intramolecular Hbond substituents is 1. The van der Waals surface area contributed by atoms with Crippen LogP contribution in [0.1, 0.15) is 24.0 Å². The summed E-state index contributed by atoms with van der Waals surface area (Å²) in [5, 5.41) is 57.9. The molecule has 0 aliphatic heterocycles. The lowest BCUT2D eigenvalue weighted by Crippen LogP contribution is -2.70. The van der Waals surface area contributed by atoms with E-state index in [9.17, 15) is 44.7 Å². The normalized spacial score (nSPS) is 32.2. The van der Waals surface area contributed by atoms with Crippen LogP contribution in [0.15, 0.2) is 29.0 Å². The molecule has 0 heterocycles. The summed E-state index contributed by atoms with van der Waals surface area (Å²) in [5.41, 5.74) is 0.884. The van der Waals surface area contributed by atoms with Gasteiger partial charge in [0.2, 0.25) is 12.2 Å². The number of carbonyl (C=O) groups is 4. The summed E-state index contributed by atoms with van der Waals surface area (Å²) in [6.07, 6.45) is -1.36. The molecule has 1 fully saturated rings. The molecule has 2 amide bonds. The molecule has 1 unspecified atom stereocenters. The zero-order chi connectivity index (χ0) is 26.1. The van der Waals surface area contributed by atoms with Crippen LogP contribution in [0.2, 0.25) is 0 Å². The smallest absolute Gasteiger partial charge is 0.255 e. The third kappa shape index (κ3) is 2.97. The Bertz CT molecular complexity index is 1250. The van der Waals surface area contributed by atoms with Crippen LogP contribution in [-0.2, 0) is 19.2 Å². The first-order valence-electron chi connectivity index (χ1n) is 10.7. The molecule has 12 heteroatoms. The van der Waals surface area contributed by atoms with Crippen LogP contribution < -0.4 is 11.1 Å². The number of benzene rings is 1. The highest BCUT2D eigenvalue weighted by molar-refractivity contribution is 6.24. The molecule has 8 N–H and O–H groups in total. The third-order valence-corrected chi connectivity index (χ3v) is 7.34.